The van der Waals surface area contributed by atoms with Crippen LogP contribution in [-0.2, 0) is 4.79 Å². The molecule has 6 heteroatoms. The fourth-order valence-electron chi connectivity index (χ4n) is 2.11. The first kappa shape index (κ1) is 14.2. The molecule has 1 saturated carbocycles. The lowest BCUT2D eigenvalue weighted by Crippen LogP contribution is -2.47. The van der Waals surface area contributed by atoms with Gasteiger partial charge < -0.3 is 10.4 Å². The zero-order valence-corrected chi connectivity index (χ0v) is 11.6. The largest absolute Gasteiger partial charge is 0.481 e. The molecule has 0 bridgehead atoms. The highest BCUT2D eigenvalue weighted by Crippen LogP contribution is 2.40. The van der Waals surface area contributed by atoms with E-state index in [4.69, 9.17) is 28.3 Å². The van der Waals surface area contributed by atoms with Gasteiger partial charge in [0.15, 0.2) is 0 Å². The van der Waals surface area contributed by atoms with Crippen molar-refractivity contribution in [3.8, 4) is 0 Å². The Morgan fingerprint density at radius 3 is 2.21 bits per heavy atom. The number of halogens is 2. The highest BCUT2D eigenvalue weighted by molar-refractivity contribution is 6.35. The van der Waals surface area contributed by atoms with Crippen LogP contribution in [0.25, 0.3) is 0 Å². The average Bonchev–Trinajstić information content (AvgIpc) is 2.25. The summed E-state index contributed by atoms with van der Waals surface area (Å²) >= 11 is 11.6. The number of carboxylic acids is 1. The first-order valence-electron chi connectivity index (χ1n) is 5.91. The summed E-state index contributed by atoms with van der Waals surface area (Å²) in [5.41, 5.74) is -0.477. The number of hydrogen-bond donors (Lipinski definition) is 2. The van der Waals surface area contributed by atoms with Crippen molar-refractivity contribution in [3.63, 3.8) is 0 Å². The second-order valence-corrected chi connectivity index (χ2v) is 5.65. The second kappa shape index (κ2) is 5.39. The van der Waals surface area contributed by atoms with E-state index in [-0.39, 0.29) is 12.5 Å². The number of rotatable bonds is 4. The van der Waals surface area contributed by atoms with E-state index in [9.17, 15) is 9.59 Å². The number of aliphatic carboxylic acids is 1. The summed E-state index contributed by atoms with van der Waals surface area (Å²) in [4.78, 5) is 23.1. The maximum absolute atomic E-state index is 11.9. The highest BCUT2D eigenvalue weighted by Gasteiger charge is 2.44. The molecular weight excluding hydrogens is 289 g/mol. The maximum atomic E-state index is 11.9. The molecule has 19 heavy (non-hydrogen) atoms. The molecule has 0 atom stereocenters. The third-order valence-corrected chi connectivity index (χ3v) is 3.91. The van der Waals surface area contributed by atoms with Crippen molar-refractivity contribution >= 4 is 35.1 Å². The SMILES string of the molecule is O=C(NCC1(C(=O)O)CCC1)c1cc(Cl)cc(Cl)c1. The molecule has 0 aliphatic heterocycles. The van der Waals surface area contributed by atoms with Crippen LogP contribution in [0.15, 0.2) is 18.2 Å². The molecule has 1 amide bonds. The third-order valence-electron chi connectivity index (χ3n) is 3.48. The van der Waals surface area contributed by atoms with Crippen LogP contribution in [-0.4, -0.2) is 23.5 Å². The van der Waals surface area contributed by atoms with Crippen molar-refractivity contribution in [1.82, 2.24) is 5.32 Å². The second-order valence-electron chi connectivity index (χ2n) is 4.78. The third kappa shape index (κ3) is 3.01. The Hall–Kier alpha value is -1.26. The zero-order valence-electron chi connectivity index (χ0n) is 10.1. The van der Waals surface area contributed by atoms with E-state index in [2.05, 4.69) is 5.32 Å². The lowest BCUT2D eigenvalue weighted by atomic mass is 9.69. The molecule has 1 aliphatic rings. The quantitative estimate of drug-likeness (QED) is 0.898. The van der Waals surface area contributed by atoms with Gasteiger partial charge in [0.2, 0.25) is 0 Å². The van der Waals surface area contributed by atoms with Gasteiger partial charge >= 0.3 is 5.97 Å². The van der Waals surface area contributed by atoms with Crippen molar-refractivity contribution in [1.29, 1.82) is 0 Å². The molecule has 0 radical (unpaired) electrons. The Morgan fingerprint density at radius 2 is 1.79 bits per heavy atom. The molecule has 1 aliphatic carbocycles. The van der Waals surface area contributed by atoms with Crippen molar-refractivity contribution < 1.29 is 14.7 Å². The van der Waals surface area contributed by atoms with Crippen molar-refractivity contribution in [2.75, 3.05) is 6.54 Å². The minimum atomic E-state index is -0.858. The van der Waals surface area contributed by atoms with Crippen LogP contribution < -0.4 is 5.32 Å². The van der Waals surface area contributed by atoms with Gasteiger partial charge in [-0.3, -0.25) is 9.59 Å². The van der Waals surface area contributed by atoms with E-state index < -0.39 is 11.4 Å². The summed E-state index contributed by atoms with van der Waals surface area (Å²) in [6.45, 7) is 0.130. The summed E-state index contributed by atoms with van der Waals surface area (Å²) < 4.78 is 0. The molecule has 0 heterocycles. The topological polar surface area (TPSA) is 66.4 Å². The molecule has 4 nitrogen and oxygen atoms in total. The zero-order chi connectivity index (χ0) is 14.0. The summed E-state index contributed by atoms with van der Waals surface area (Å²) in [5.74, 6) is -1.22. The fourth-order valence-corrected chi connectivity index (χ4v) is 2.63. The highest BCUT2D eigenvalue weighted by atomic mass is 35.5. The van der Waals surface area contributed by atoms with Gasteiger partial charge in [-0.05, 0) is 31.0 Å². The number of hydrogen-bond acceptors (Lipinski definition) is 2. The van der Waals surface area contributed by atoms with E-state index in [1.165, 1.54) is 18.2 Å². The number of carboxylic acid groups (broad SMARTS) is 1. The number of amides is 1. The number of carbonyl (C=O) groups is 2. The van der Waals surface area contributed by atoms with Crippen LogP contribution in [0, 0.1) is 5.41 Å². The van der Waals surface area contributed by atoms with Crippen LogP contribution >= 0.6 is 23.2 Å². The Kier molecular flexibility index (Phi) is 4.02. The van der Waals surface area contributed by atoms with Gasteiger partial charge in [-0.2, -0.15) is 0 Å². The van der Waals surface area contributed by atoms with Gasteiger partial charge in [0.25, 0.3) is 5.91 Å². The van der Waals surface area contributed by atoms with Gasteiger partial charge in [-0.25, -0.2) is 0 Å². The minimum absolute atomic E-state index is 0.130. The Balaban J connectivity index is 2.03. The number of carbonyl (C=O) groups excluding carboxylic acids is 1. The monoisotopic (exact) mass is 301 g/mol. The molecule has 2 N–H and O–H groups in total. The van der Waals surface area contributed by atoms with Crippen LogP contribution in [0.1, 0.15) is 29.6 Å². The standard InChI is InChI=1S/C13H13Cl2NO3/c14-9-4-8(5-10(15)6-9)11(17)16-7-13(12(18)19)2-1-3-13/h4-6H,1-3,7H2,(H,16,17)(H,18,19). The van der Waals surface area contributed by atoms with E-state index in [1.807, 2.05) is 0 Å². The van der Waals surface area contributed by atoms with E-state index in [1.54, 1.807) is 0 Å². The van der Waals surface area contributed by atoms with Crippen molar-refractivity contribution in [2.45, 2.75) is 19.3 Å². The molecule has 0 saturated heterocycles. The Labute approximate surface area is 120 Å². The summed E-state index contributed by atoms with van der Waals surface area (Å²) in [5, 5.41) is 12.5. The van der Waals surface area contributed by atoms with Gasteiger partial charge in [-0.15, -0.1) is 0 Å². The van der Waals surface area contributed by atoms with E-state index in [0.717, 1.165) is 6.42 Å². The lowest BCUT2D eigenvalue weighted by molar-refractivity contribution is -0.153. The summed E-state index contributed by atoms with van der Waals surface area (Å²) in [6.07, 6.45) is 2.07. The molecule has 0 unspecified atom stereocenters. The van der Waals surface area contributed by atoms with Gasteiger partial charge in [0.1, 0.15) is 0 Å². The molecule has 0 spiro atoms. The van der Waals surface area contributed by atoms with E-state index in [0.29, 0.717) is 28.5 Å². The van der Waals surface area contributed by atoms with Crippen molar-refractivity contribution in [3.05, 3.63) is 33.8 Å². The Bertz CT molecular complexity index is 506. The molecule has 2 rings (SSSR count). The predicted molar refractivity (Wildman–Crippen MR) is 72.7 cm³/mol. The molecule has 0 aromatic heterocycles. The minimum Gasteiger partial charge on any atom is -0.481 e. The molecule has 1 aromatic rings. The van der Waals surface area contributed by atoms with Crippen LogP contribution in [0.4, 0.5) is 0 Å². The average molecular weight is 302 g/mol. The number of benzene rings is 1. The fraction of sp³-hybridized carbons (Fsp3) is 0.385. The van der Waals surface area contributed by atoms with Gasteiger partial charge in [-0.1, -0.05) is 29.6 Å². The normalized spacial score (nSPS) is 16.5. The first-order chi connectivity index (χ1) is 8.93. The van der Waals surface area contributed by atoms with Crippen LogP contribution in [0.2, 0.25) is 10.0 Å². The lowest BCUT2D eigenvalue weighted by Gasteiger charge is -2.37. The van der Waals surface area contributed by atoms with E-state index >= 15 is 0 Å². The van der Waals surface area contributed by atoms with Crippen LogP contribution in [0.5, 0.6) is 0 Å². The molecule has 102 valence electrons. The Morgan fingerprint density at radius 1 is 1.21 bits per heavy atom. The summed E-state index contributed by atoms with van der Waals surface area (Å²) in [6, 6.07) is 4.53. The van der Waals surface area contributed by atoms with Gasteiger partial charge in [0.05, 0.1) is 5.41 Å². The van der Waals surface area contributed by atoms with Gasteiger partial charge in [0, 0.05) is 22.2 Å². The number of nitrogens with one attached hydrogen (secondary N) is 1. The molecule has 1 aromatic carbocycles. The van der Waals surface area contributed by atoms with Crippen LogP contribution in [0.3, 0.4) is 0 Å². The molecular formula is C13H13Cl2NO3. The predicted octanol–water partition coefficient (Wildman–Crippen LogP) is 2.98. The molecule has 1 fully saturated rings. The smallest absolute Gasteiger partial charge is 0.311 e. The van der Waals surface area contributed by atoms with Crippen molar-refractivity contribution in [2.24, 2.45) is 5.41 Å². The summed E-state index contributed by atoms with van der Waals surface area (Å²) in [7, 11) is 0. The maximum Gasteiger partial charge on any atom is 0.311 e. The first-order valence-corrected chi connectivity index (χ1v) is 6.66.